The van der Waals surface area contributed by atoms with Gasteiger partial charge in [-0.1, -0.05) is 12.8 Å². The summed E-state index contributed by atoms with van der Waals surface area (Å²) in [7, 11) is 1.58. The Morgan fingerprint density at radius 1 is 1.29 bits per heavy atom. The number of hydrogen-bond donors (Lipinski definition) is 3. The summed E-state index contributed by atoms with van der Waals surface area (Å²) < 4.78 is 18.7. The number of rotatable bonds is 7. The van der Waals surface area contributed by atoms with Crippen molar-refractivity contribution in [2.24, 2.45) is 0 Å². The van der Waals surface area contributed by atoms with Gasteiger partial charge in [0.25, 0.3) is 0 Å². The van der Waals surface area contributed by atoms with Gasteiger partial charge in [-0.2, -0.15) is 0 Å². The minimum atomic E-state index is -1.66. The molecule has 0 aromatic rings. The largest absolute Gasteiger partial charge is 0.341 e. The first-order valence-electron chi connectivity index (χ1n) is 4.70. The van der Waals surface area contributed by atoms with Crippen LogP contribution in [0.1, 0.15) is 25.7 Å². The third-order valence-electron chi connectivity index (χ3n) is 1.76. The lowest BCUT2D eigenvalue weighted by atomic mass is 10.2. The summed E-state index contributed by atoms with van der Waals surface area (Å²) >= 11 is -1.66. The van der Waals surface area contributed by atoms with E-state index in [1.165, 1.54) is 0 Å². The number of carbonyl (C=O) groups excluding carboxylic acids is 1. The van der Waals surface area contributed by atoms with E-state index in [0.717, 1.165) is 25.7 Å². The van der Waals surface area contributed by atoms with Gasteiger partial charge in [-0.15, -0.1) is 0 Å². The Labute approximate surface area is 86.9 Å². The van der Waals surface area contributed by atoms with Crippen molar-refractivity contribution in [3.8, 4) is 0 Å². The quantitative estimate of drug-likeness (QED) is 0.438. The van der Waals surface area contributed by atoms with Gasteiger partial charge >= 0.3 is 6.03 Å². The topological polar surface area (TPSA) is 78.4 Å². The normalized spacial score (nSPS) is 12.1. The molecule has 1 unspecified atom stereocenters. The van der Waals surface area contributed by atoms with Crippen LogP contribution < -0.4 is 10.6 Å². The van der Waals surface area contributed by atoms with Crippen molar-refractivity contribution in [3.63, 3.8) is 0 Å². The fourth-order valence-electron chi connectivity index (χ4n) is 0.994. The van der Waals surface area contributed by atoms with Gasteiger partial charge < -0.3 is 15.2 Å². The first kappa shape index (κ1) is 13.4. The molecule has 0 aromatic carbocycles. The maximum Gasteiger partial charge on any atom is 0.314 e. The van der Waals surface area contributed by atoms with Crippen LogP contribution in [-0.2, 0) is 11.1 Å². The Kier molecular flexibility index (Phi) is 8.56. The van der Waals surface area contributed by atoms with Crippen LogP contribution in [0.15, 0.2) is 0 Å². The number of amides is 2. The van der Waals surface area contributed by atoms with E-state index in [1.807, 2.05) is 0 Å². The lowest BCUT2D eigenvalue weighted by molar-refractivity contribution is 0.242. The second-order valence-electron chi connectivity index (χ2n) is 2.95. The average Bonchev–Trinajstić information content (AvgIpc) is 2.15. The highest BCUT2D eigenvalue weighted by atomic mass is 32.2. The average molecular weight is 222 g/mol. The van der Waals surface area contributed by atoms with Gasteiger partial charge in [0, 0.05) is 19.3 Å². The van der Waals surface area contributed by atoms with Crippen LogP contribution in [0.25, 0.3) is 0 Å². The van der Waals surface area contributed by atoms with Crippen LogP contribution in [-0.4, -0.2) is 34.1 Å². The van der Waals surface area contributed by atoms with Crippen LogP contribution in [0.3, 0.4) is 0 Å². The van der Waals surface area contributed by atoms with Gasteiger partial charge in [0.15, 0.2) is 11.1 Å². The summed E-state index contributed by atoms with van der Waals surface area (Å²) in [6, 6.07) is -0.165. The first-order chi connectivity index (χ1) is 6.66. The van der Waals surface area contributed by atoms with Crippen LogP contribution in [0, 0.1) is 0 Å². The Morgan fingerprint density at radius 2 is 1.93 bits per heavy atom. The summed E-state index contributed by atoms with van der Waals surface area (Å²) in [5, 5.41) is 5.13. The molecule has 2 amide bonds. The summed E-state index contributed by atoms with van der Waals surface area (Å²) in [5.74, 6) is 0.350. The number of unbranched alkanes of at least 4 members (excludes halogenated alkanes) is 3. The van der Waals surface area contributed by atoms with Crippen molar-refractivity contribution in [1.82, 2.24) is 10.6 Å². The Morgan fingerprint density at radius 3 is 2.50 bits per heavy atom. The first-order valence-corrected chi connectivity index (χ1v) is 5.97. The van der Waals surface area contributed by atoms with E-state index < -0.39 is 11.1 Å². The molecule has 0 rings (SSSR count). The minimum absolute atomic E-state index is 0.165. The number of hydrogen-bond acceptors (Lipinski definition) is 2. The Balaban J connectivity index is 3.06. The molecule has 3 N–H and O–H groups in total. The Hall–Kier alpha value is -0.620. The molecule has 0 aliphatic rings. The van der Waals surface area contributed by atoms with E-state index in [0.29, 0.717) is 12.3 Å². The van der Waals surface area contributed by atoms with Gasteiger partial charge in [-0.25, -0.2) is 9.00 Å². The number of carbonyl (C=O) groups is 1. The molecule has 6 heteroatoms. The maximum absolute atomic E-state index is 10.7. The molecule has 0 radical (unpaired) electrons. The van der Waals surface area contributed by atoms with Crippen molar-refractivity contribution in [1.29, 1.82) is 0 Å². The second-order valence-corrected chi connectivity index (χ2v) is 4.00. The monoisotopic (exact) mass is 222 g/mol. The molecule has 0 spiro atoms. The zero-order valence-corrected chi connectivity index (χ0v) is 9.23. The van der Waals surface area contributed by atoms with Crippen molar-refractivity contribution < 1.29 is 13.6 Å². The van der Waals surface area contributed by atoms with Gasteiger partial charge in [0.2, 0.25) is 0 Å². The Bertz CT molecular complexity index is 187. The summed E-state index contributed by atoms with van der Waals surface area (Å²) in [6.07, 6.45) is 3.58. The van der Waals surface area contributed by atoms with Gasteiger partial charge in [0.05, 0.1) is 0 Å². The molecular weight excluding hydrogens is 204 g/mol. The zero-order chi connectivity index (χ0) is 10.8. The van der Waals surface area contributed by atoms with Gasteiger partial charge in [-0.05, 0) is 12.8 Å². The molecular formula is C8H18N2O3S. The molecule has 0 aliphatic carbocycles. The smallest absolute Gasteiger partial charge is 0.314 e. The molecule has 0 bridgehead atoms. The molecule has 0 saturated carbocycles. The number of urea groups is 1. The number of nitrogens with one attached hydrogen (secondary N) is 2. The van der Waals surface area contributed by atoms with Crippen molar-refractivity contribution in [3.05, 3.63) is 0 Å². The molecule has 5 nitrogen and oxygen atoms in total. The van der Waals surface area contributed by atoms with E-state index in [2.05, 4.69) is 10.6 Å². The molecule has 84 valence electrons. The molecule has 0 saturated heterocycles. The van der Waals surface area contributed by atoms with Crippen molar-refractivity contribution >= 4 is 17.1 Å². The third-order valence-corrected chi connectivity index (χ3v) is 2.40. The fourth-order valence-corrected chi connectivity index (χ4v) is 1.45. The third kappa shape index (κ3) is 9.47. The van der Waals surface area contributed by atoms with E-state index >= 15 is 0 Å². The predicted octanol–water partition coefficient (Wildman–Crippen LogP) is 0.697. The summed E-state index contributed by atoms with van der Waals surface area (Å²) in [4.78, 5) is 10.7. The standard InChI is InChI=1S/C8H18N2O3S/c1-9-8(11)10-6-4-2-3-5-7-14(12)13/h2-7H2,1H3,(H,12,13)(H2,9,10,11). The van der Waals surface area contributed by atoms with E-state index in [4.69, 9.17) is 4.55 Å². The van der Waals surface area contributed by atoms with Crippen LogP contribution in [0.4, 0.5) is 4.79 Å². The van der Waals surface area contributed by atoms with Gasteiger partial charge in [0.1, 0.15) is 0 Å². The van der Waals surface area contributed by atoms with E-state index in [-0.39, 0.29) is 6.03 Å². The fraction of sp³-hybridized carbons (Fsp3) is 0.875. The highest BCUT2D eigenvalue weighted by Crippen LogP contribution is 1.99. The molecule has 0 heterocycles. The summed E-state index contributed by atoms with van der Waals surface area (Å²) in [6.45, 7) is 0.655. The van der Waals surface area contributed by atoms with E-state index in [1.54, 1.807) is 7.05 Å². The molecule has 0 fully saturated rings. The second kappa shape index (κ2) is 8.96. The lowest BCUT2D eigenvalue weighted by Gasteiger charge is -2.03. The lowest BCUT2D eigenvalue weighted by Crippen LogP contribution is -2.33. The highest BCUT2D eigenvalue weighted by Gasteiger charge is 1.96. The summed E-state index contributed by atoms with van der Waals surface area (Å²) in [5.41, 5.74) is 0. The van der Waals surface area contributed by atoms with Crippen LogP contribution in [0.5, 0.6) is 0 Å². The van der Waals surface area contributed by atoms with E-state index in [9.17, 15) is 9.00 Å². The minimum Gasteiger partial charge on any atom is -0.341 e. The molecule has 0 aliphatic heterocycles. The molecule has 0 aromatic heterocycles. The highest BCUT2D eigenvalue weighted by molar-refractivity contribution is 7.79. The zero-order valence-electron chi connectivity index (χ0n) is 8.41. The van der Waals surface area contributed by atoms with Crippen LogP contribution >= 0.6 is 0 Å². The van der Waals surface area contributed by atoms with Crippen molar-refractivity contribution in [2.75, 3.05) is 19.3 Å². The van der Waals surface area contributed by atoms with Crippen molar-refractivity contribution in [2.45, 2.75) is 25.7 Å². The SMILES string of the molecule is CNC(=O)NCCCCCCS(=O)O. The van der Waals surface area contributed by atoms with Gasteiger partial charge in [-0.3, -0.25) is 0 Å². The predicted molar refractivity (Wildman–Crippen MR) is 56.6 cm³/mol. The molecule has 1 atom stereocenters. The molecule has 14 heavy (non-hydrogen) atoms. The maximum atomic E-state index is 10.7. The van der Waals surface area contributed by atoms with Crippen LogP contribution in [0.2, 0.25) is 0 Å².